The molecule has 2 amide bonds. The second kappa shape index (κ2) is 10.0. The molecule has 0 bridgehead atoms. The molecule has 31 heavy (non-hydrogen) atoms. The molecular formula is C22H19ClN6O2. The Hall–Kier alpha value is -4.17. The number of aromatic nitrogens is 2. The van der Waals surface area contributed by atoms with E-state index in [1.54, 1.807) is 48.5 Å². The number of nitrogens with zero attached hydrogens (tertiary/aromatic N) is 2. The van der Waals surface area contributed by atoms with E-state index >= 15 is 0 Å². The van der Waals surface area contributed by atoms with Gasteiger partial charge in [0.25, 0.3) is 0 Å². The Morgan fingerprint density at radius 1 is 0.839 bits per heavy atom. The van der Waals surface area contributed by atoms with Crippen molar-refractivity contribution in [3.05, 3.63) is 85.1 Å². The van der Waals surface area contributed by atoms with Crippen LogP contribution >= 0.6 is 11.6 Å². The predicted octanol–water partition coefficient (Wildman–Crippen LogP) is 4.87. The molecule has 0 aliphatic carbocycles. The standard InChI is InChI=1S/C22H19ClN6O2/c1-3-19(30)25-14-7-5-9-16(11-14)27-21-18(23)13-24-22(29-21)28-17-10-6-8-15(12-17)26-20(31)4-2/h3-13H,1-2H2,(H,25,30)(H,26,31)(H2,24,27,28,29). The predicted molar refractivity (Wildman–Crippen MR) is 124 cm³/mol. The topological polar surface area (TPSA) is 108 Å². The summed E-state index contributed by atoms with van der Waals surface area (Å²) >= 11 is 6.24. The van der Waals surface area contributed by atoms with Crippen LogP contribution in [0.5, 0.6) is 0 Å². The highest BCUT2D eigenvalue weighted by atomic mass is 35.5. The molecule has 156 valence electrons. The zero-order chi connectivity index (χ0) is 22.2. The summed E-state index contributed by atoms with van der Waals surface area (Å²) in [5.41, 5.74) is 2.53. The van der Waals surface area contributed by atoms with Crippen LogP contribution in [-0.4, -0.2) is 21.8 Å². The van der Waals surface area contributed by atoms with Crippen LogP contribution in [0.15, 0.2) is 80.0 Å². The van der Waals surface area contributed by atoms with E-state index in [0.717, 1.165) is 0 Å². The van der Waals surface area contributed by atoms with Crippen molar-refractivity contribution < 1.29 is 9.59 Å². The first-order valence-electron chi connectivity index (χ1n) is 9.10. The van der Waals surface area contributed by atoms with Crippen LogP contribution in [0.25, 0.3) is 0 Å². The first-order chi connectivity index (χ1) is 15.0. The normalized spacial score (nSPS) is 9.97. The lowest BCUT2D eigenvalue weighted by Crippen LogP contribution is -2.08. The van der Waals surface area contributed by atoms with Crippen LogP contribution in [0.2, 0.25) is 5.02 Å². The minimum absolute atomic E-state index is 0.301. The van der Waals surface area contributed by atoms with Gasteiger partial charge in [-0.2, -0.15) is 4.98 Å². The molecule has 0 atom stereocenters. The van der Waals surface area contributed by atoms with Crippen LogP contribution in [0, 0.1) is 0 Å². The molecule has 0 fully saturated rings. The van der Waals surface area contributed by atoms with Gasteiger partial charge in [-0.25, -0.2) is 4.98 Å². The highest BCUT2D eigenvalue weighted by molar-refractivity contribution is 6.32. The van der Waals surface area contributed by atoms with E-state index in [4.69, 9.17) is 11.6 Å². The van der Waals surface area contributed by atoms with E-state index in [9.17, 15) is 9.59 Å². The quantitative estimate of drug-likeness (QED) is 0.377. The van der Waals surface area contributed by atoms with Gasteiger partial charge in [0.1, 0.15) is 5.02 Å². The van der Waals surface area contributed by atoms with Crippen molar-refractivity contribution in [3.63, 3.8) is 0 Å². The number of benzene rings is 2. The third kappa shape index (κ3) is 6.15. The third-order valence-electron chi connectivity index (χ3n) is 3.89. The second-order valence-corrected chi connectivity index (χ2v) is 6.60. The van der Waals surface area contributed by atoms with Gasteiger partial charge in [-0.3, -0.25) is 9.59 Å². The Labute approximate surface area is 184 Å². The van der Waals surface area contributed by atoms with Crippen LogP contribution in [0.3, 0.4) is 0 Å². The summed E-state index contributed by atoms with van der Waals surface area (Å²) in [5.74, 6) is 0.0609. The molecular weight excluding hydrogens is 416 g/mol. The number of hydrogen-bond acceptors (Lipinski definition) is 6. The van der Waals surface area contributed by atoms with Gasteiger partial charge in [0, 0.05) is 22.7 Å². The van der Waals surface area contributed by atoms with Gasteiger partial charge in [0.05, 0.1) is 6.20 Å². The molecule has 9 heteroatoms. The molecule has 8 nitrogen and oxygen atoms in total. The number of hydrogen-bond donors (Lipinski definition) is 4. The fourth-order valence-electron chi connectivity index (χ4n) is 2.52. The van der Waals surface area contributed by atoms with Gasteiger partial charge in [-0.15, -0.1) is 0 Å². The number of amides is 2. The molecule has 1 aromatic heterocycles. The summed E-state index contributed by atoms with van der Waals surface area (Å²) in [6.45, 7) is 6.86. The summed E-state index contributed by atoms with van der Waals surface area (Å²) in [7, 11) is 0. The van der Waals surface area contributed by atoms with Crippen molar-refractivity contribution in [2.24, 2.45) is 0 Å². The molecule has 0 unspecified atom stereocenters. The molecule has 0 saturated heterocycles. The minimum Gasteiger partial charge on any atom is -0.339 e. The van der Waals surface area contributed by atoms with E-state index < -0.39 is 0 Å². The lowest BCUT2D eigenvalue weighted by Gasteiger charge is -2.12. The monoisotopic (exact) mass is 434 g/mol. The van der Waals surface area contributed by atoms with Gasteiger partial charge in [-0.05, 0) is 48.6 Å². The molecule has 0 saturated carbocycles. The number of nitrogens with one attached hydrogen (secondary N) is 4. The molecule has 0 spiro atoms. The smallest absolute Gasteiger partial charge is 0.247 e. The van der Waals surface area contributed by atoms with Crippen molar-refractivity contribution >= 4 is 57.9 Å². The number of carbonyl (C=O) groups is 2. The average Bonchev–Trinajstić information content (AvgIpc) is 2.76. The lowest BCUT2D eigenvalue weighted by molar-refractivity contribution is -0.112. The molecule has 4 N–H and O–H groups in total. The fraction of sp³-hybridized carbons (Fsp3) is 0. The maximum atomic E-state index is 11.5. The largest absolute Gasteiger partial charge is 0.339 e. The first kappa shape index (κ1) is 21.5. The third-order valence-corrected chi connectivity index (χ3v) is 4.17. The molecule has 2 aromatic carbocycles. The zero-order valence-electron chi connectivity index (χ0n) is 16.4. The Morgan fingerprint density at radius 2 is 1.35 bits per heavy atom. The van der Waals surface area contributed by atoms with E-state index in [1.165, 1.54) is 18.3 Å². The molecule has 3 rings (SSSR count). The lowest BCUT2D eigenvalue weighted by atomic mass is 10.2. The molecule has 0 radical (unpaired) electrons. The highest BCUT2D eigenvalue weighted by Gasteiger charge is 2.08. The van der Waals surface area contributed by atoms with E-state index in [1.807, 2.05) is 0 Å². The van der Waals surface area contributed by atoms with Gasteiger partial charge in [0.2, 0.25) is 17.8 Å². The van der Waals surface area contributed by atoms with Gasteiger partial charge in [0.15, 0.2) is 5.82 Å². The van der Waals surface area contributed by atoms with Gasteiger partial charge in [-0.1, -0.05) is 36.9 Å². The number of rotatable bonds is 8. The summed E-state index contributed by atoms with van der Waals surface area (Å²) in [6, 6.07) is 14.1. The number of carbonyl (C=O) groups excluding carboxylic acids is 2. The maximum Gasteiger partial charge on any atom is 0.247 e. The Balaban J connectivity index is 1.77. The molecule has 1 heterocycles. The van der Waals surface area contributed by atoms with Crippen LogP contribution in [0.1, 0.15) is 0 Å². The molecule has 0 aliphatic heterocycles. The Morgan fingerprint density at radius 3 is 1.90 bits per heavy atom. The zero-order valence-corrected chi connectivity index (χ0v) is 17.1. The Bertz CT molecular complexity index is 1150. The summed E-state index contributed by atoms with van der Waals surface area (Å²) in [5, 5.41) is 11.9. The van der Waals surface area contributed by atoms with Crippen molar-refractivity contribution in [1.29, 1.82) is 0 Å². The molecule has 0 aliphatic rings. The Kier molecular flexibility index (Phi) is 6.97. The van der Waals surface area contributed by atoms with Crippen LogP contribution < -0.4 is 21.3 Å². The average molecular weight is 435 g/mol. The minimum atomic E-state index is -0.310. The van der Waals surface area contributed by atoms with Crippen molar-refractivity contribution in [1.82, 2.24) is 9.97 Å². The van der Waals surface area contributed by atoms with E-state index in [-0.39, 0.29) is 11.8 Å². The van der Waals surface area contributed by atoms with Gasteiger partial charge >= 0.3 is 0 Å². The van der Waals surface area contributed by atoms with Gasteiger partial charge < -0.3 is 21.3 Å². The van der Waals surface area contributed by atoms with E-state index in [0.29, 0.717) is 39.5 Å². The van der Waals surface area contributed by atoms with E-state index in [2.05, 4.69) is 44.4 Å². The number of anilines is 6. The summed E-state index contributed by atoms with van der Waals surface area (Å²) < 4.78 is 0. The summed E-state index contributed by atoms with van der Waals surface area (Å²) in [4.78, 5) is 31.6. The first-order valence-corrected chi connectivity index (χ1v) is 9.48. The fourth-order valence-corrected chi connectivity index (χ4v) is 2.66. The number of halogens is 1. The summed E-state index contributed by atoms with van der Waals surface area (Å²) in [6.07, 6.45) is 3.85. The highest BCUT2D eigenvalue weighted by Crippen LogP contribution is 2.26. The maximum absolute atomic E-state index is 11.5. The van der Waals surface area contributed by atoms with Crippen molar-refractivity contribution in [2.75, 3.05) is 21.3 Å². The van der Waals surface area contributed by atoms with Crippen LogP contribution in [0.4, 0.5) is 34.5 Å². The van der Waals surface area contributed by atoms with Crippen LogP contribution in [-0.2, 0) is 9.59 Å². The van der Waals surface area contributed by atoms with Crippen molar-refractivity contribution in [3.8, 4) is 0 Å². The SMILES string of the molecule is C=CC(=O)Nc1cccc(Nc2ncc(Cl)c(Nc3cccc(NC(=O)C=C)c3)n2)c1. The molecule has 3 aromatic rings. The van der Waals surface area contributed by atoms with Crippen molar-refractivity contribution in [2.45, 2.75) is 0 Å². The second-order valence-electron chi connectivity index (χ2n) is 6.19.